The molecule has 0 fully saturated rings. The van der Waals surface area contributed by atoms with Crippen molar-refractivity contribution in [3.8, 4) is 0 Å². The lowest BCUT2D eigenvalue weighted by molar-refractivity contribution is 0.174. The maximum absolute atomic E-state index is 8.90. The normalized spacial score (nSPS) is 17.3. The third kappa shape index (κ3) is 5.84. The predicted molar refractivity (Wildman–Crippen MR) is 40.4 cm³/mol. The Morgan fingerprint density at radius 2 is 1.78 bits per heavy atom. The highest BCUT2D eigenvalue weighted by Crippen LogP contribution is 2.10. The minimum absolute atomic E-state index is 0.112. The molecule has 0 aromatic rings. The Morgan fingerprint density at radius 1 is 1.22 bits per heavy atom. The lowest BCUT2D eigenvalue weighted by Crippen LogP contribution is -2.02. The fourth-order valence-electron chi connectivity index (χ4n) is 0.730. The van der Waals surface area contributed by atoms with Gasteiger partial charge < -0.3 is 5.11 Å². The monoisotopic (exact) mass is 130 g/mol. The molecule has 0 heterocycles. The van der Waals surface area contributed by atoms with E-state index in [-0.39, 0.29) is 6.10 Å². The van der Waals surface area contributed by atoms with E-state index in [1.165, 1.54) is 6.42 Å². The Kier molecular flexibility index (Phi) is 4.78. The van der Waals surface area contributed by atoms with E-state index >= 15 is 0 Å². The van der Waals surface area contributed by atoms with Crippen LogP contribution in [0, 0.1) is 5.92 Å². The lowest BCUT2D eigenvalue weighted by Gasteiger charge is -2.08. The molecular weight excluding hydrogens is 112 g/mol. The maximum Gasteiger partial charge on any atom is 0.0512 e. The smallest absolute Gasteiger partial charge is 0.0512 e. The molecule has 0 aliphatic carbocycles. The molecule has 1 heteroatoms. The van der Waals surface area contributed by atoms with Crippen LogP contribution >= 0.6 is 0 Å². The fourth-order valence-corrected chi connectivity index (χ4v) is 0.730. The van der Waals surface area contributed by atoms with E-state index < -0.39 is 0 Å². The van der Waals surface area contributed by atoms with Gasteiger partial charge in [-0.15, -0.1) is 0 Å². The summed E-state index contributed by atoms with van der Waals surface area (Å²) >= 11 is 0. The fraction of sp³-hybridized carbons (Fsp3) is 1.00. The molecule has 0 saturated carbocycles. The van der Waals surface area contributed by atoms with E-state index in [0.717, 1.165) is 18.8 Å². The Morgan fingerprint density at radius 3 is 2.11 bits per heavy atom. The summed E-state index contributed by atoms with van der Waals surface area (Å²) in [5, 5.41) is 8.90. The van der Waals surface area contributed by atoms with Gasteiger partial charge in [-0.3, -0.25) is 0 Å². The highest BCUT2D eigenvalue weighted by atomic mass is 16.3. The topological polar surface area (TPSA) is 20.2 Å². The van der Waals surface area contributed by atoms with Crippen LogP contribution in [-0.2, 0) is 0 Å². The number of hydrogen-bond donors (Lipinski definition) is 1. The van der Waals surface area contributed by atoms with Crippen molar-refractivity contribution in [3.05, 3.63) is 0 Å². The van der Waals surface area contributed by atoms with Gasteiger partial charge in [-0.2, -0.15) is 0 Å². The molecule has 0 bridgehead atoms. The number of rotatable bonds is 4. The van der Waals surface area contributed by atoms with Gasteiger partial charge in [0.2, 0.25) is 0 Å². The van der Waals surface area contributed by atoms with Crippen LogP contribution in [0.25, 0.3) is 0 Å². The molecule has 0 aromatic heterocycles. The maximum atomic E-state index is 8.90. The Hall–Kier alpha value is -0.0400. The summed E-state index contributed by atoms with van der Waals surface area (Å²) in [6, 6.07) is 0. The second-order valence-electron chi connectivity index (χ2n) is 2.94. The zero-order chi connectivity index (χ0) is 7.28. The van der Waals surface area contributed by atoms with Crippen LogP contribution in [0.5, 0.6) is 0 Å². The van der Waals surface area contributed by atoms with Crippen molar-refractivity contribution in [2.75, 3.05) is 0 Å². The van der Waals surface area contributed by atoms with E-state index in [1.54, 1.807) is 0 Å². The molecule has 0 aromatic carbocycles. The van der Waals surface area contributed by atoms with Crippen LogP contribution in [0.4, 0.5) is 0 Å². The van der Waals surface area contributed by atoms with Gasteiger partial charge in [0, 0.05) is 0 Å². The molecule has 0 saturated heterocycles. The van der Waals surface area contributed by atoms with E-state index in [1.807, 2.05) is 6.92 Å². The first-order chi connectivity index (χ1) is 4.16. The summed E-state index contributed by atoms with van der Waals surface area (Å²) in [5.41, 5.74) is 0. The molecule has 9 heavy (non-hydrogen) atoms. The van der Waals surface area contributed by atoms with Gasteiger partial charge in [0.1, 0.15) is 0 Å². The van der Waals surface area contributed by atoms with E-state index in [2.05, 4.69) is 13.8 Å². The summed E-state index contributed by atoms with van der Waals surface area (Å²) < 4.78 is 0. The molecule has 0 rings (SSSR count). The van der Waals surface area contributed by atoms with E-state index in [9.17, 15) is 0 Å². The Labute approximate surface area is 58.1 Å². The highest BCUT2D eigenvalue weighted by molar-refractivity contribution is 4.53. The average Bonchev–Trinajstić information content (AvgIpc) is 1.83. The minimum atomic E-state index is -0.112. The molecule has 0 radical (unpaired) electrons. The summed E-state index contributed by atoms with van der Waals surface area (Å²) in [5.74, 6) is 0.777. The first kappa shape index (κ1) is 8.96. The predicted octanol–water partition coefficient (Wildman–Crippen LogP) is 2.19. The van der Waals surface area contributed by atoms with Gasteiger partial charge in [0.15, 0.2) is 0 Å². The summed E-state index contributed by atoms with van der Waals surface area (Å²) in [6.45, 7) is 6.26. The number of aliphatic hydroxyl groups is 1. The number of hydrogen-bond acceptors (Lipinski definition) is 1. The van der Waals surface area contributed by atoms with Gasteiger partial charge in [0.25, 0.3) is 0 Å². The quantitative estimate of drug-likeness (QED) is 0.618. The highest BCUT2D eigenvalue weighted by Gasteiger charge is 2.00. The first-order valence-corrected chi connectivity index (χ1v) is 3.84. The summed E-state index contributed by atoms with van der Waals surface area (Å²) in [6.07, 6.45) is 3.23. The van der Waals surface area contributed by atoms with Crippen molar-refractivity contribution in [2.45, 2.75) is 46.1 Å². The van der Waals surface area contributed by atoms with Crippen LogP contribution < -0.4 is 0 Å². The van der Waals surface area contributed by atoms with Crippen molar-refractivity contribution in [1.82, 2.24) is 0 Å². The molecule has 0 aliphatic heterocycles. The van der Waals surface area contributed by atoms with Crippen molar-refractivity contribution < 1.29 is 5.11 Å². The molecule has 2 atom stereocenters. The van der Waals surface area contributed by atoms with Crippen molar-refractivity contribution in [2.24, 2.45) is 5.92 Å². The van der Waals surface area contributed by atoms with Crippen LogP contribution in [0.15, 0.2) is 0 Å². The van der Waals surface area contributed by atoms with Crippen molar-refractivity contribution in [3.63, 3.8) is 0 Å². The molecular formula is C8H18O. The second-order valence-corrected chi connectivity index (χ2v) is 2.94. The van der Waals surface area contributed by atoms with Crippen LogP contribution in [0.2, 0.25) is 0 Å². The molecule has 0 aliphatic rings. The SMILES string of the molecule is CC[C@H](C)CC[C@@H](C)O. The Bertz CT molecular complexity index is 59.6. The zero-order valence-electron chi connectivity index (χ0n) is 6.72. The molecule has 0 spiro atoms. The van der Waals surface area contributed by atoms with Gasteiger partial charge in [-0.05, 0) is 25.7 Å². The molecule has 1 N–H and O–H groups in total. The summed E-state index contributed by atoms with van der Waals surface area (Å²) in [7, 11) is 0. The molecule has 1 nitrogen and oxygen atoms in total. The van der Waals surface area contributed by atoms with Gasteiger partial charge in [0.05, 0.1) is 6.10 Å². The Balaban J connectivity index is 3.06. The second kappa shape index (κ2) is 4.80. The van der Waals surface area contributed by atoms with Crippen molar-refractivity contribution in [1.29, 1.82) is 0 Å². The van der Waals surface area contributed by atoms with Crippen LogP contribution in [0.1, 0.15) is 40.0 Å². The van der Waals surface area contributed by atoms with Crippen LogP contribution in [0.3, 0.4) is 0 Å². The minimum Gasteiger partial charge on any atom is -0.393 e. The molecule has 0 amide bonds. The van der Waals surface area contributed by atoms with Crippen molar-refractivity contribution >= 4 is 0 Å². The van der Waals surface area contributed by atoms with E-state index in [0.29, 0.717) is 0 Å². The van der Waals surface area contributed by atoms with E-state index in [4.69, 9.17) is 5.11 Å². The molecule has 56 valence electrons. The molecule has 0 unspecified atom stereocenters. The van der Waals surface area contributed by atoms with Crippen LogP contribution in [-0.4, -0.2) is 11.2 Å². The lowest BCUT2D eigenvalue weighted by atomic mass is 10.0. The van der Waals surface area contributed by atoms with Gasteiger partial charge in [-0.25, -0.2) is 0 Å². The number of aliphatic hydroxyl groups excluding tert-OH is 1. The zero-order valence-corrected chi connectivity index (χ0v) is 6.72. The third-order valence-electron chi connectivity index (χ3n) is 1.77. The standard InChI is InChI=1S/C8H18O/c1-4-7(2)5-6-8(3)9/h7-9H,4-6H2,1-3H3/t7-,8+/m0/s1. The third-order valence-corrected chi connectivity index (χ3v) is 1.77. The summed E-state index contributed by atoms with van der Waals surface area (Å²) in [4.78, 5) is 0. The largest absolute Gasteiger partial charge is 0.393 e. The van der Waals surface area contributed by atoms with Gasteiger partial charge >= 0.3 is 0 Å². The first-order valence-electron chi connectivity index (χ1n) is 3.84. The van der Waals surface area contributed by atoms with Gasteiger partial charge in [-0.1, -0.05) is 20.3 Å². The average molecular weight is 130 g/mol.